The van der Waals surface area contributed by atoms with E-state index in [0.717, 1.165) is 0 Å². The summed E-state index contributed by atoms with van der Waals surface area (Å²) in [6, 6.07) is 4.27. The minimum absolute atomic E-state index is 0.210. The predicted molar refractivity (Wildman–Crippen MR) is 97.3 cm³/mol. The Balaban J connectivity index is 3.08. The molecular formula is C17H29N3O3S. The number of benzene rings is 1. The summed E-state index contributed by atoms with van der Waals surface area (Å²) >= 11 is 0. The van der Waals surface area contributed by atoms with Crippen molar-refractivity contribution in [1.82, 2.24) is 4.31 Å². The van der Waals surface area contributed by atoms with Crippen molar-refractivity contribution < 1.29 is 13.2 Å². The number of hydrogen-bond donors (Lipinski definition) is 2. The lowest BCUT2D eigenvalue weighted by Gasteiger charge is -2.20. The highest BCUT2D eigenvalue weighted by molar-refractivity contribution is 7.89. The van der Waals surface area contributed by atoms with Gasteiger partial charge in [-0.3, -0.25) is 4.79 Å². The van der Waals surface area contributed by atoms with E-state index < -0.39 is 16.1 Å². The monoisotopic (exact) mass is 355 g/mol. The van der Waals surface area contributed by atoms with E-state index in [2.05, 4.69) is 5.32 Å². The van der Waals surface area contributed by atoms with Crippen LogP contribution in [0.4, 0.5) is 5.69 Å². The fourth-order valence-corrected chi connectivity index (χ4v) is 4.22. The summed E-state index contributed by atoms with van der Waals surface area (Å²) < 4.78 is 26.8. The molecule has 0 saturated carbocycles. The molecule has 0 fully saturated rings. The Kier molecular flexibility index (Phi) is 7.38. The lowest BCUT2D eigenvalue weighted by atomic mass is 10.0. The van der Waals surface area contributed by atoms with E-state index in [9.17, 15) is 13.2 Å². The Bertz CT molecular complexity index is 668. The summed E-state index contributed by atoms with van der Waals surface area (Å²) in [6.45, 7) is 10.1. The van der Waals surface area contributed by atoms with Gasteiger partial charge in [-0.2, -0.15) is 4.31 Å². The largest absolute Gasteiger partial charge is 0.325 e. The summed E-state index contributed by atoms with van der Waals surface area (Å²) in [7, 11) is -3.58. The number of aryl methyl sites for hydroxylation is 1. The van der Waals surface area contributed by atoms with E-state index in [1.165, 1.54) is 10.4 Å². The molecule has 0 aliphatic rings. The average molecular weight is 356 g/mol. The van der Waals surface area contributed by atoms with Gasteiger partial charge in [-0.1, -0.05) is 33.8 Å². The van der Waals surface area contributed by atoms with Crippen LogP contribution in [-0.2, 0) is 14.8 Å². The molecule has 0 aliphatic heterocycles. The first-order valence-corrected chi connectivity index (χ1v) is 9.74. The van der Waals surface area contributed by atoms with Gasteiger partial charge in [0.15, 0.2) is 0 Å². The third-order valence-corrected chi connectivity index (χ3v) is 6.03. The Labute approximate surface area is 145 Å². The highest BCUT2D eigenvalue weighted by Gasteiger charge is 2.24. The summed E-state index contributed by atoms with van der Waals surface area (Å²) in [6.07, 6.45) is 0.572. The SMILES string of the molecule is CCN(CC)S(=O)(=O)c1cc(NC(=O)[C@@H](N)CC(C)C)ccc1C. The molecule has 1 atom stereocenters. The molecule has 24 heavy (non-hydrogen) atoms. The summed E-state index contributed by atoms with van der Waals surface area (Å²) in [5.74, 6) is 0.00103. The molecule has 0 heterocycles. The number of anilines is 1. The number of carbonyl (C=O) groups excluding carboxylic acids is 1. The molecule has 0 aliphatic carbocycles. The van der Waals surface area contributed by atoms with Crippen LogP contribution in [0.3, 0.4) is 0 Å². The zero-order valence-electron chi connectivity index (χ0n) is 15.2. The van der Waals surface area contributed by atoms with Crippen LogP contribution < -0.4 is 11.1 Å². The average Bonchev–Trinajstić information content (AvgIpc) is 2.49. The maximum absolute atomic E-state index is 12.7. The van der Waals surface area contributed by atoms with E-state index in [1.54, 1.807) is 32.9 Å². The van der Waals surface area contributed by atoms with Crippen LogP contribution in [0.25, 0.3) is 0 Å². The van der Waals surface area contributed by atoms with Crippen molar-refractivity contribution >= 4 is 21.6 Å². The second kappa shape index (κ2) is 8.60. The van der Waals surface area contributed by atoms with Crippen LogP contribution >= 0.6 is 0 Å². The van der Waals surface area contributed by atoms with Gasteiger partial charge in [-0.15, -0.1) is 0 Å². The molecule has 7 heteroatoms. The van der Waals surface area contributed by atoms with E-state index in [4.69, 9.17) is 5.73 Å². The minimum atomic E-state index is -3.58. The van der Waals surface area contributed by atoms with Gasteiger partial charge < -0.3 is 11.1 Å². The zero-order valence-corrected chi connectivity index (χ0v) is 16.0. The van der Waals surface area contributed by atoms with Gasteiger partial charge in [0.2, 0.25) is 15.9 Å². The van der Waals surface area contributed by atoms with E-state index in [-0.39, 0.29) is 10.8 Å². The highest BCUT2D eigenvalue weighted by atomic mass is 32.2. The standard InChI is InChI=1S/C17H29N3O3S/c1-6-20(7-2)24(22,23)16-11-14(9-8-13(16)5)19-17(21)15(18)10-12(3)4/h8-9,11-12,15H,6-7,10,18H2,1-5H3,(H,19,21)/t15-/m0/s1. The van der Waals surface area contributed by atoms with Crippen LogP contribution in [0.2, 0.25) is 0 Å². The molecule has 6 nitrogen and oxygen atoms in total. The number of nitrogens with one attached hydrogen (secondary N) is 1. The molecule has 0 saturated heterocycles. The third-order valence-electron chi connectivity index (χ3n) is 3.84. The van der Waals surface area contributed by atoms with E-state index in [1.807, 2.05) is 13.8 Å². The number of carbonyl (C=O) groups is 1. The van der Waals surface area contributed by atoms with Crippen molar-refractivity contribution in [2.24, 2.45) is 11.7 Å². The molecule has 136 valence electrons. The smallest absolute Gasteiger partial charge is 0.243 e. The zero-order chi connectivity index (χ0) is 18.5. The maximum Gasteiger partial charge on any atom is 0.243 e. The lowest BCUT2D eigenvalue weighted by Crippen LogP contribution is -2.36. The molecule has 3 N–H and O–H groups in total. The quantitative estimate of drug-likeness (QED) is 0.748. The molecular weight excluding hydrogens is 326 g/mol. The Morgan fingerprint density at radius 2 is 1.83 bits per heavy atom. The molecule has 1 rings (SSSR count). The fourth-order valence-electron chi connectivity index (χ4n) is 2.51. The minimum Gasteiger partial charge on any atom is -0.325 e. The molecule has 0 spiro atoms. The maximum atomic E-state index is 12.7. The van der Waals surface area contributed by atoms with Gasteiger partial charge in [0, 0.05) is 18.8 Å². The number of rotatable bonds is 8. The Morgan fingerprint density at radius 3 is 2.33 bits per heavy atom. The van der Waals surface area contributed by atoms with Gasteiger partial charge >= 0.3 is 0 Å². The second-order valence-corrected chi connectivity index (χ2v) is 8.20. The molecule has 0 unspecified atom stereocenters. The molecule has 0 aromatic heterocycles. The Hall–Kier alpha value is -1.44. The first-order valence-electron chi connectivity index (χ1n) is 8.30. The first-order chi connectivity index (χ1) is 11.1. The van der Waals surface area contributed by atoms with Crippen molar-refractivity contribution in [2.75, 3.05) is 18.4 Å². The van der Waals surface area contributed by atoms with Gasteiger partial charge in [0.05, 0.1) is 10.9 Å². The van der Waals surface area contributed by atoms with Crippen molar-refractivity contribution in [3.8, 4) is 0 Å². The van der Waals surface area contributed by atoms with Crippen molar-refractivity contribution in [2.45, 2.75) is 52.0 Å². The van der Waals surface area contributed by atoms with E-state index >= 15 is 0 Å². The van der Waals surface area contributed by atoms with Crippen LogP contribution in [-0.4, -0.2) is 37.8 Å². The molecule has 1 aromatic carbocycles. The van der Waals surface area contributed by atoms with Crippen LogP contribution in [0.5, 0.6) is 0 Å². The summed E-state index contributed by atoms with van der Waals surface area (Å²) in [5.41, 5.74) is 6.96. The number of nitrogens with two attached hydrogens (primary N) is 1. The van der Waals surface area contributed by atoms with E-state index in [0.29, 0.717) is 36.7 Å². The van der Waals surface area contributed by atoms with Crippen molar-refractivity contribution in [3.05, 3.63) is 23.8 Å². The molecule has 1 aromatic rings. The highest BCUT2D eigenvalue weighted by Crippen LogP contribution is 2.23. The van der Waals surface area contributed by atoms with Crippen LogP contribution in [0, 0.1) is 12.8 Å². The third kappa shape index (κ3) is 5.03. The van der Waals surface area contributed by atoms with Gasteiger partial charge in [-0.05, 0) is 37.0 Å². The topological polar surface area (TPSA) is 92.5 Å². The number of amides is 1. The molecule has 0 radical (unpaired) electrons. The first kappa shape index (κ1) is 20.6. The van der Waals surface area contributed by atoms with Gasteiger partial charge in [0.1, 0.15) is 0 Å². The number of hydrogen-bond acceptors (Lipinski definition) is 4. The van der Waals surface area contributed by atoms with Crippen LogP contribution in [0.1, 0.15) is 39.7 Å². The second-order valence-electron chi connectivity index (χ2n) is 6.29. The van der Waals surface area contributed by atoms with Crippen molar-refractivity contribution in [3.63, 3.8) is 0 Å². The van der Waals surface area contributed by atoms with Gasteiger partial charge in [-0.25, -0.2) is 8.42 Å². The number of nitrogens with zero attached hydrogens (tertiary/aromatic N) is 1. The summed E-state index contributed by atoms with van der Waals surface area (Å²) in [5, 5.41) is 2.71. The molecule has 1 amide bonds. The molecule has 0 bridgehead atoms. The predicted octanol–water partition coefficient (Wildman–Crippen LogP) is 2.34. The fraction of sp³-hybridized carbons (Fsp3) is 0.588. The van der Waals surface area contributed by atoms with Crippen molar-refractivity contribution in [1.29, 1.82) is 0 Å². The Morgan fingerprint density at radius 1 is 1.25 bits per heavy atom. The number of sulfonamides is 1. The lowest BCUT2D eigenvalue weighted by molar-refractivity contribution is -0.117. The summed E-state index contributed by atoms with van der Waals surface area (Å²) in [4.78, 5) is 12.4. The normalized spacial score (nSPS) is 13.3. The van der Waals surface area contributed by atoms with Gasteiger partial charge in [0.25, 0.3) is 0 Å². The van der Waals surface area contributed by atoms with Crippen LogP contribution in [0.15, 0.2) is 23.1 Å².